The van der Waals surface area contributed by atoms with E-state index in [0.29, 0.717) is 5.92 Å². The minimum Gasteiger partial charge on any atom is -0.496 e. The van der Waals surface area contributed by atoms with Crippen molar-refractivity contribution >= 4 is 0 Å². The molecule has 0 saturated heterocycles. The van der Waals surface area contributed by atoms with Gasteiger partial charge in [-0.05, 0) is 50.0 Å². The van der Waals surface area contributed by atoms with Crippen molar-refractivity contribution in [1.29, 1.82) is 0 Å². The van der Waals surface area contributed by atoms with Gasteiger partial charge >= 0.3 is 0 Å². The summed E-state index contributed by atoms with van der Waals surface area (Å²) in [6.07, 6.45) is 1.09. The molecule has 0 saturated carbocycles. The van der Waals surface area contributed by atoms with Crippen molar-refractivity contribution in [3.63, 3.8) is 0 Å². The van der Waals surface area contributed by atoms with Crippen molar-refractivity contribution in [3.8, 4) is 11.5 Å². The van der Waals surface area contributed by atoms with Crippen LogP contribution in [0.5, 0.6) is 11.5 Å². The molecule has 0 aromatic heterocycles. The summed E-state index contributed by atoms with van der Waals surface area (Å²) < 4.78 is 10.8. The summed E-state index contributed by atoms with van der Waals surface area (Å²) in [7, 11) is 3.39. The lowest BCUT2D eigenvalue weighted by molar-refractivity contribution is 0.394. The van der Waals surface area contributed by atoms with Gasteiger partial charge in [-0.3, -0.25) is 0 Å². The number of hydrogen-bond donors (Lipinski definition) is 2. The molecule has 0 spiro atoms. The highest BCUT2D eigenvalue weighted by Crippen LogP contribution is 2.28. The first-order valence-electron chi connectivity index (χ1n) is 6.74. The molecule has 0 aliphatic carbocycles. The second kappa shape index (κ2) is 8.02. The average Bonchev–Trinajstić information content (AvgIpc) is 2.43. The Morgan fingerprint density at radius 3 is 2.47 bits per heavy atom. The van der Waals surface area contributed by atoms with Crippen molar-refractivity contribution in [2.75, 3.05) is 27.3 Å². The fourth-order valence-corrected chi connectivity index (χ4v) is 1.94. The maximum atomic E-state index is 5.60. The number of rotatable bonds is 8. The molecule has 1 aromatic rings. The smallest absolute Gasteiger partial charge is 0.123 e. The number of aryl methyl sites for hydroxylation is 1. The number of ether oxygens (including phenoxy) is 2. The van der Waals surface area contributed by atoms with Gasteiger partial charge < -0.3 is 20.5 Å². The fourth-order valence-electron chi connectivity index (χ4n) is 1.94. The summed E-state index contributed by atoms with van der Waals surface area (Å²) >= 11 is 0. The minimum atomic E-state index is 0.557. The van der Waals surface area contributed by atoms with Gasteiger partial charge in [0.05, 0.1) is 14.2 Å². The van der Waals surface area contributed by atoms with Gasteiger partial charge in [-0.2, -0.15) is 0 Å². The molecule has 0 amide bonds. The normalized spacial score (nSPS) is 12.3. The number of nitrogens with two attached hydrogens (primary N) is 1. The molecule has 4 heteroatoms. The zero-order valence-corrected chi connectivity index (χ0v) is 12.5. The molecule has 0 aliphatic heterocycles. The summed E-state index contributed by atoms with van der Waals surface area (Å²) in [4.78, 5) is 0. The lowest BCUT2D eigenvalue weighted by atomic mass is 10.1. The van der Waals surface area contributed by atoms with Crippen LogP contribution in [0.15, 0.2) is 12.1 Å². The molecule has 0 radical (unpaired) electrons. The van der Waals surface area contributed by atoms with E-state index in [-0.39, 0.29) is 0 Å². The van der Waals surface area contributed by atoms with Crippen LogP contribution in [-0.2, 0) is 6.54 Å². The predicted octanol–water partition coefficient (Wildman–Crippen LogP) is 2.09. The van der Waals surface area contributed by atoms with Gasteiger partial charge in [-0.15, -0.1) is 0 Å². The van der Waals surface area contributed by atoms with Gasteiger partial charge in [0.25, 0.3) is 0 Å². The van der Waals surface area contributed by atoms with E-state index in [4.69, 9.17) is 15.2 Å². The maximum Gasteiger partial charge on any atom is 0.123 e. The van der Waals surface area contributed by atoms with E-state index in [1.807, 2.05) is 19.1 Å². The highest BCUT2D eigenvalue weighted by atomic mass is 16.5. The van der Waals surface area contributed by atoms with Crippen molar-refractivity contribution in [1.82, 2.24) is 5.32 Å². The molecule has 108 valence electrons. The maximum absolute atomic E-state index is 5.60. The summed E-state index contributed by atoms with van der Waals surface area (Å²) in [5.41, 5.74) is 7.80. The Bertz CT molecular complexity index is 394. The quantitative estimate of drug-likeness (QED) is 0.707. The summed E-state index contributed by atoms with van der Waals surface area (Å²) in [5, 5.41) is 3.42. The monoisotopic (exact) mass is 266 g/mol. The number of benzene rings is 1. The topological polar surface area (TPSA) is 56.5 Å². The third-order valence-corrected chi connectivity index (χ3v) is 3.33. The summed E-state index contributed by atoms with van der Waals surface area (Å²) in [5.74, 6) is 2.35. The molecule has 4 nitrogen and oxygen atoms in total. The molecule has 1 unspecified atom stereocenters. The Hall–Kier alpha value is -1.26. The third kappa shape index (κ3) is 4.73. The zero-order valence-electron chi connectivity index (χ0n) is 12.5. The number of nitrogens with one attached hydrogen (secondary N) is 1. The number of hydrogen-bond acceptors (Lipinski definition) is 4. The van der Waals surface area contributed by atoms with Crippen molar-refractivity contribution in [2.45, 2.75) is 26.8 Å². The lowest BCUT2D eigenvalue weighted by Crippen LogP contribution is -2.20. The predicted molar refractivity (Wildman–Crippen MR) is 78.8 cm³/mol. The Morgan fingerprint density at radius 1 is 1.21 bits per heavy atom. The number of methoxy groups -OCH3 is 2. The standard InChI is InChI=1S/C15H26N2O2/c1-11(9-16)5-6-17-10-13-8-14(18-3)12(2)7-15(13)19-4/h7-8,11,17H,5-6,9-10,16H2,1-4H3. The molecule has 0 fully saturated rings. The second-order valence-corrected chi connectivity index (χ2v) is 4.94. The van der Waals surface area contributed by atoms with E-state index in [0.717, 1.165) is 48.7 Å². The van der Waals surface area contributed by atoms with Crippen LogP contribution in [0, 0.1) is 12.8 Å². The highest BCUT2D eigenvalue weighted by molar-refractivity contribution is 5.45. The van der Waals surface area contributed by atoms with Crippen LogP contribution in [-0.4, -0.2) is 27.3 Å². The molecule has 0 aliphatic rings. The third-order valence-electron chi connectivity index (χ3n) is 3.33. The van der Waals surface area contributed by atoms with Crippen molar-refractivity contribution < 1.29 is 9.47 Å². The van der Waals surface area contributed by atoms with Crippen molar-refractivity contribution in [2.24, 2.45) is 11.7 Å². The van der Waals surface area contributed by atoms with Gasteiger partial charge in [0.15, 0.2) is 0 Å². The largest absolute Gasteiger partial charge is 0.496 e. The summed E-state index contributed by atoms with van der Waals surface area (Å²) in [6.45, 7) is 6.65. The summed E-state index contributed by atoms with van der Waals surface area (Å²) in [6, 6.07) is 4.05. The Kier molecular flexibility index (Phi) is 6.67. The Morgan fingerprint density at radius 2 is 1.89 bits per heavy atom. The molecule has 1 aromatic carbocycles. The van der Waals surface area contributed by atoms with E-state index < -0.39 is 0 Å². The van der Waals surface area contributed by atoms with E-state index in [2.05, 4.69) is 12.2 Å². The van der Waals surface area contributed by atoms with Gasteiger partial charge in [-0.25, -0.2) is 0 Å². The van der Waals surface area contributed by atoms with Gasteiger partial charge in [0.1, 0.15) is 11.5 Å². The molecule has 0 bridgehead atoms. The second-order valence-electron chi connectivity index (χ2n) is 4.94. The first-order chi connectivity index (χ1) is 9.12. The fraction of sp³-hybridized carbons (Fsp3) is 0.600. The molecular weight excluding hydrogens is 240 g/mol. The highest BCUT2D eigenvalue weighted by Gasteiger charge is 2.08. The lowest BCUT2D eigenvalue weighted by Gasteiger charge is -2.14. The van der Waals surface area contributed by atoms with Crippen LogP contribution >= 0.6 is 0 Å². The van der Waals surface area contributed by atoms with E-state index >= 15 is 0 Å². The van der Waals surface area contributed by atoms with Crippen LogP contribution in [0.25, 0.3) is 0 Å². The van der Waals surface area contributed by atoms with E-state index in [9.17, 15) is 0 Å². The molecule has 0 heterocycles. The molecule has 1 rings (SSSR count). The van der Waals surface area contributed by atoms with Crippen LogP contribution in [0.3, 0.4) is 0 Å². The zero-order chi connectivity index (χ0) is 14.3. The molecule has 1 atom stereocenters. The van der Waals surface area contributed by atoms with Crippen LogP contribution in [0.2, 0.25) is 0 Å². The van der Waals surface area contributed by atoms with E-state index in [1.54, 1.807) is 14.2 Å². The Balaban J connectivity index is 2.61. The molecule has 19 heavy (non-hydrogen) atoms. The first kappa shape index (κ1) is 15.8. The van der Waals surface area contributed by atoms with Gasteiger partial charge in [-0.1, -0.05) is 6.92 Å². The van der Waals surface area contributed by atoms with E-state index in [1.165, 1.54) is 0 Å². The van der Waals surface area contributed by atoms with Crippen molar-refractivity contribution in [3.05, 3.63) is 23.3 Å². The molecular formula is C15H26N2O2. The minimum absolute atomic E-state index is 0.557. The average molecular weight is 266 g/mol. The Labute approximate surface area is 116 Å². The molecule has 3 N–H and O–H groups in total. The van der Waals surface area contributed by atoms with Crippen LogP contribution < -0.4 is 20.5 Å². The van der Waals surface area contributed by atoms with Gasteiger partial charge in [0, 0.05) is 12.1 Å². The SMILES string of the molecule is COc1cc(CNCCC(C)CN)c(OC)cc1C. The first-order valence-corrected chi connectivity index (χ1v) is 6.74. The van der Waals surface area contributed by atoms with Crippen LogP contribution in [0.1, 0.15) is 24.5 Å². The van der Waals surface area contributed by atoms with Gasteiger partial charge in [0.2, 0.25) is 0 Å². The van der Waals surface area contributed by atoms with Crippen LogP contribution in [0.4, 0.5) is 0 Å².